The second kappa shape index (κ2) is 5.99. The van der Waals surface area contributed by atoms with Crippen molar-refractivity contribution in [1.82, 2.24) is 5.32 Å². The van der Waals surface area contributed by atoms with Gasteiger partial charge in [-0.1, -0.05) is 12.8 Å². The molecule has 0 saturated heterocycles. The van der Waals surface area contributed by atoms with Gasteiger partial charge in [-0.2, -0.15) is 0 Å². The van der Waals surface area contributed by atoms with Crippen LogP contribution in [-0.2, 0) is 4.74 Å². The van der Waals surface area contributed by atoms with E-state index in [1.807, 2.05) is 0 Å². The van der Waals surface area contributed by atoms with E-state index in [2.05, 4.69) is 5.32 Å². The van der Waals surface area contributed by atoms with Gasteiger partial charge in [0.05, 0.1) is 12.7 Å². The molecule has 0 bridgehead atoms. The van der Waals surface area contributed by atoms with Gasteiger partial charge in [0.15, 0.2) is 0 Å². The number of hydrogen-bond acceptors (Lipinski definition) is 3. The van der Waals surface area contributed by atoms with Crippen LogP contribution in [0.2, 0.25) is 0 Å². The van der Waals surface area contributed by atoms with Crippen molar-refractivity contribution < 1.29 is 9.84 Å². The third kappa shape index (κ3) is 3.72. The number of ether oxygens (including phenoxy) is 1. The van der Waals surface area contributed by atoms with Crippen LogP contribution in [0.5, 0.6) is 0 Å². The van der Waals surface area contributed by atoms with Crippen molar-refractivity contribution in [1.29, 1.82) is 0 Å². The van der Waals surface area contributed by atoms with Crippen LogP contribution in [0.15, 0.2) is 0 Å². The normalized spacial score (nSPS) is 32.6. The average Bonchev–Trinajstić information content (AvgIpc) is 3.11. The second-order valence-corrected chi connectivity index (χ2v) is 5.48. The number of hydrogen-bond donors (Lipinski definition) is 2. The zero-order valence-corrected chi connectivity index (χ0v) is 10.3. The molecule has 2 N–H and O–H groups in total. The van der Waals surface area contributed by atoms with Gasteiger partial charge in [-0.3, -0.25) is 0 Å². The third-order valence-corrected chi connectivity index (χ3v) is 4.00. The van der Waals surface area contributed by atoms with E-state index in [-0.39, 0.29) is 6.10 Å². The van der Waals surface area contributed by atoms with Gasteiger partial charge in [-0.15, -0.1) is 0 Å². The molecule has 16 heavy (non-hydrogen) atoms. The smallest absolute Gasteiger partial charge is 0.0897 e. The number of aliphatic hydroxyl groups excluding tert-OH is 1. The van der Waals surface area contributed by atoms with Gasteiger partial charge >= 0.3 is 0 Å². The highest BCUT2D eigenvalue weighted by molar-refractivity contribution is 4.88. The molecule has 3 nitrogen and oxygen atoms in total. The zero-order valence-electron chi connectivity index (χ0n) is 10.3. The van der Waals surface area contributed by atoms with Gasteiger partial charge in [0.25, 0.3) is 0 Å². The average molecular weight is 227 g/mol. The van der Waals surface area contributed by atoms with Crippen molar-refractivity contribution in [3.05, 3.63) is 0 Å². The van der Waals surface area contributed by atoms with Crippen LogP contribution in [0.1, 0.15) is 38.5 Å². The first-order valence-electron chi connectivity index (χ1n) is 6.70. The predicted molar refractivity (Wildman–Crippen MR) is 64.4 cm³/mol. The van der Waals surface area contributed by atoms with Crippen molar-refractivity contribution in [3.8, 4) is 0 Å². The van der Waals surface area contributed by atoms with Crippen LogP contribution in [0.25, 0.3) is 0 Å². The first-order valence-corrected chi connectivity index (χ1v) is 6.70. The molecule has 0 spiro atoms. The summed E-state index contributed by atoms with van der Waals surface area (Å²) >= 11 is 0. The minimum Gasteiger partial charge on any atom is -0.389 e. The molecule has 2 aliphatic rings. The maximum Gasteiger partial charge on any atom is 0.0897 e. The van der Waals surface area contributed by atoms with E-state index in [0.717, 1.165) is 11.8 Å². The molecule has 0 heterocycles. The van der Waals surface area contributed by atoms with Crippen LogP contribution in [0, 0.1) is 11.8 Å². The summed E-state index contributed by atoms with van der Waals surface area (Å²) in [5.74, 6) is 2.00. The van der Waals surface area contributed by atoms with Crippen molar-refractivity contribution in [3.63, 3.8) is 0 Å². The molecule has 3 unspecified atom stereocenters. The van der Waals surface area contributed by atoms with Gasteiger partial charge in [-0.25, -0.2) is 0 Å². The molecular formula is C13H25NO2. The summed E-state index contributed by atoms with van der Waals surface area (Å²) in [5.41, 5.74) is 0. The molecule has 0 amide bonds. The Bertz CT molecular complexity index is 206. The first kappa shape index (κ1) is 12.3. The van der Waals surface area contributed by atoms with Crippen molar-refractivity contribution in [2.75, 3.05) is 20.3 Å². The van der Waals surface area contributed by atoms with Crippen LogP contribution in [-0.4, -0.2) is 37.5 Å². The summed E-state index contributed by atoms with van der Waals surface area (Å²) < 4.78 is 4.92. The lowest BCUT2D eigenvalue weighted by atomic mass is 9.82. The Morgan fingerprint density at radius 3 is 2.75 bits per heavy atom. The summed E-state index contributed by atoms with van der Waals surface area (Å²) in [7, 11) is 1.63. The van der Waals surface area contributed by atoms with Gasteiger partial charge in [0, 0.05) is 19.7 Å². The highest BCUT2D eigenvalue weighted by Crippen LogP contribution is 2.43. The van der Waals surface area contributed by atoms with Crippen molar-refractivity contribution in [2.45, 2.75) is 50.7 Å². The fraction of sp³-hybridized carbons (Fsp3) is 1.00. The van der Waals surface area contributed by atoms with E-state index < -0.39 is 0 Å². The molecule has 2 fully saturated rings. The highest BCUT2D eigenvalue weighted by atomic mass is 16.5. The Labute approximate surface area is 98.6 Å². The van der Waals surface area contributed by atoms with Crippen molar-refractivity contribution >= 4 is 0 Å². The molecule has 3 heteroatoms. The van der Waals surface area contributed by atoms with E-state index in [1.165, 1.54) is 38.5 Å². The predicted octanol–water partition coefficient (Wildman–Crippen LogP) is 1.55. The Hall–Kier alpha value is -0.120. The van der Waals surface area contributed by atoms with E-state index in [9.17, 15) is 5.11 Å². The Balaban J connectivity index is 1.64. The Morgan fingerprint density at radius 1 is 1.25 bits per heavy atom. The van der Waals surface area contributed by atoms with Crippen LogP contribution < -0.4 is 5.32 Å². The molecular weight excluding hydrogens is 202 g/mol. The van der Waals surface area contributed by atoms with E-state index in [0.29, 0.717) is 19.2 Å². The standard InChI is InChI=1S/C13H25NO2/c1-16-9-13(15)8-14-12-4-2-3-11(7-12)10-5-6-10/h10-15H,2-9H2,1H3. The van der Waals surface area contributed by atoms with Gasteiger partial charge < -0.3 is 15.2 Å². The van der Waals surface area contributed by atoms with E-state index >= 15 is 0 Å². The second-order valence-electron chi connectivity index (χ2n) is 5.48. The summed E-state index contributed by atoms with van der Waals surface area (Å²) in [4.78, 5) is 0. The molecule has 2 rings (SSSR count). The highest BCUT2D eigenvalue weighted by Gasteiger charge is 2.34. The van der Waals surface area contributed by atoms with Gasteiger partial charge in [-0.05, 0) is 37.5 Å². The minimum atomic E-state index is -0.355. The SMILES string of the molecule is COCC(O)CNC1CCCC(C2CC2)C1. The summed E-state index contributed by atoms with van der Waals surface area (Å²) in [6.07, 6.45) is 7.97. The molecule has 3 atom stereocenters. The monoisotopic (exact) mass is 227 g/mol. The van der Waals surface area contributed by atoms with E-state index in [1.54, 1.807) is 7.11 Å². The lowest BCUT2D eigenvalue weighted by Crippen LogP contribution is -2.40. The quantitative estimate of drug-likeness (QED) is 0.723. The zero-order chi connectivity index (χ0) is 11.4. The topological polar surface area (TPSA) is 41.5 Å². The Morgan fingerprint density at radius 2 is 2.06 bits per heavy atom. The minimum absolute atomic E-state index is 0.355. The lowest BCUT2D eigenvalue weighted by Gasteiger charge is -2.30. The molecule has 0 aliphatic heterocycles. The molecule has 0 aromatic carbocycles. The van der Waals surface area contributed by atoms with Crippen LogP contribution >= 0.6 is 0 Å². The maximum absolute atomic E-state index is 9.58. The Kier molecular flexibility index (Phi) is 4.62. The lowest BCUT2D eigenvalue weighted by molar-refractivity contribution is 0.0607. The molecule has 94 valence electrons. The largest absolute Gasteiger partial charge is 0.389 e. The van der Waals surface area contributed by atoms with Gasteiger partial charge in [0.1, 0.15) is 0 Å². The fourth-order valence-corrected chi connectivity index (χ4v) is 2.96. The summed E-state index contributed by atoms with van der Waals surface area (Å²) in [6.45, 7) is 1.11. The fourth-order valence-electron chi connectivity index (χ4n) is 2.96. The summed E-state index contributed by atoms with van der Waals surface area (Å²) in [5, 5.41) is 13.1. The van der Waals surface area contributed by atoms with Crippen molar-refractivity contribution in [2.24, 2.45) is 11.8 Å². The van der Waals surface area contributed by atoms with Gasteiger partial charge in [0.2, 0.25) is 0 Å². The number of methoxy groups -OCH3 is 1. The van der Waals surface area contributed by atoms with E-state index in [4.69, 9.17) is 4.74 Å². The molecule has 2 saturated carbocycles. The molecule has 0 radical (unpaired) electrons. The first-order chi connectivity index (χ1) is 7.79. The van der Waals surface area contributed by atoms with Crippen LogP contribution in [0.3, 0.4) is 0 Å². The maximum atomic E-state index is 9.58. The van der Waals surface area contributed by atoms with Crippen LogP contribution in [0.4, 0.5) is 0 Å². The third-order valence-electron chi connectivity index (χ3n) is 4.00. The number of nitrogens with one attached hydrogen (secondary N) is 1. The molecule has 0 aromatic heterocycles. The molecule has 0 aromatic rings. The number of rotatable bonds is 6. The summed E-state index contributed by atoms with van der Waals surface area (Å²) in [6, 6.07) is 0.630. The number of aliphatic hydroxyl groups is 1. The molecule has 2 aliphatic carbocycles.